The Hall–Kier alpha value is -0.970. The molecule has 0 saturated carbocycles. The molecule has 13 heavy (non-hydrogen) atoms. The molecular weight excluding hydrogens is 166 g/mol. The van der Waals surface area contributed by atoms with E-state index >= 15 is 0 Å². The Morgan fingerprint density at radius 3 is 3.15 bits per heavy atom. The summed E-state index contributed by atoms with van der Waals surface area (Å²) in [7, 11) is 0. The van der Waals surface area contributed by atoms with Gasteiger partial charge in [-0.15, -0.1) is 10.2 Å². The molecule has 2 rings (SSSR count). The molecule has 0 aromatic carbocycles. The Labute approximate surface area is 77.5 Å². The first-order chi connectivity index (χ1) is 6.38. The van der Waals surface area contributed by atoms with Crippen molar-refractivity contribution in [3.05, 3.63) is 5.82 Å². The van der Waals surface area contributed by atoms with E-state index in [2.05, 4.69) is 20.7 Å². The second-order valence-corrected chi connectivity index (χ2v) is 3.46. The van der Waals surface area contributed by atoms with Crippen molar-refractivity contribution in [2.75, 3.05) is 13.1 Å². The first-order valence-electron chi connectivity index (χ1n) is 4.86. The first kappa shape index (κ1) is 8.62. The largest absolute Gasteiger partial charge is 0.316 e. The van der Waals surface area contributed by atoms with E-state index < -0.39 is 0 Å². The summed E-state index contributed by atoms with van der Waals surface area (Å²) in [6.07, 6.45) is 2.20. The van der Waals surface area contributed by atoms with Crippen molar-refractivity contribution in [3.8, 4) is 0 Å². The van der Waals surface area contributed by atoms with Gasteiger partial charge in [-0.2, -0.15) is 4.80 Å². The van der Waals surface area contributed by atoms with E-state index in [1.54, 1.807) is 4.80 Å². The molecule has 1 N–H and O–H groups in total. The van der Waals surface area contributed by atoms with Crippen LogP contribution in [0.15, 0.2) is 0 Å². The minimum absolute atomic E-state index is 0.703. The van der Waals surface area contributed by atoms with Crippen LogP contribution in [0.5, 0.6) is 0 Å². The lowest BCUT2D eigenvalue weighted by molar-refractivity contribution is 0.537. The molecule has 0 radical (unpaired) electrons. The van der Waals surface area contributed by atoms with E-state index in [0.29, 0.717) is 5.92 Å². The third kappa shape index (κ3) is 2.03. The molecule has 1 saturated heterocycles. The van der Waals surface area contributed by atoms with Gasteiger partial charge in [0.2, 0.25) is 0 Å². The van der Waals surface area contributed by atoms with Crippen molar-refractivity contribution in [1.29, 1.82) is 0 Å². The maximum atomic E-state index is 4.26. The van der Waals surface area contributed by atoms with Crippen LogP contribution in [-0.2, 0) is 13.0 Å². The van der Waals surface area contributed by atoms with E-state index in [-0.39, 0.29) is 0 Å². The second-order valence-electron chi connectivity index (χ2n) is 3.46. The maximum absolute atomic E-state index is 4.26. The number of aryl methyl sites for hydroxylation is 1. The fourth-order valence-corrected chi connectivity index (χ4v) is 1.64. The highest BCUT2D eigenvalue weighted by Gasteiger charge is 2.17. The topological polar surface area (TPSA) is 55.6 Å². The standard InChI is InChI=1S/C8H15N5/c1-2-13-11-8(10-12-13)5-7-3-4-9-6-7/h7,9H,2-6H2,1H3. The zero-order valence-corrected chi connectivity index (χ0v) is 7.90. The summed E-state index contributed by atoms with van der Waals surface area (Å²) in [5.74, 6) is 1.59. The smallest absolute Gasteiger partial charge is 0.175 e. The fraction of sp³-hybridized carbons (Fsp3) is 0.875. The summed E-state index contributed by atoms with van der Waals surface area (Å²) < 4.78 is 0. The van der Waals surface area contributed by atoms with Gasteiger partial charge in [-0.05, 0) is 37.6 Å². The third-order valence-electron chi connectivity index (χ3n) is 2.41. The molecule has 0 amide bonds. The molecule has 5 nitrogen and oxygen atoms in total. The predicted molar refractivity (Wildman–Crippen MR) is 48.2 cm³/mol. The number of nitrogens with one attached hydrogen (secondary N) is 1. The number of rotatable bonds is 3. The highest BCUT2D eigenvalue weighted by Crippen LogP contribution is 2.11. The quantitative estimate of drug-likeness (QED) is 0.704. The summed E-state index contributed by atoms with van der Waals surface area (Å²) in [4.78, 5) is 1.64. The molecule has 0 aliphatic carbocycles. The Kier molecular flexibility index (Phi) is 2.54. The molecule has 1 unspecified atom stereocenters. The number of tetrazole rings is 1. The van der Waals surface area contributed by atoms with Gasteiger partial charge in [0.25, 0.3) is 0 Å². The lowest BCUT2D eigenvalue weighted by atomic mass is 10.1. The Morgan fingerprint density at radius 2 is 2.54 bits per heavy atom. The van der Waals surface area contributed by atoms with Gasteiger partial charge >= 0.3 is 0 Å². The number of nitrogens with zero attached hydrogens (tertiary/aromatic N) is 4. The monoisotopic (exact) mass is 181 g/mol. The average Bonchev–Trinajstić information content (AvgIpc) is 2.76. The highest BCUT2D eigenvalue weighted by molar-refractivity contribution is 4.84. The van der Waals surface area contributed by atoms with Crippen LogP contribution < -0.4 is 5.32 Å². The van der Waals surface area contributed by atoms with Crippen LogP contribution in [0.2, 0.25) is 0 Å². The number of hydrogen-bond acceptors (Lipinski definition) is 4. The summed E-state index contributed by atoms with van der Waals surface area (Å²) >= 11 is 0. The Morgan fingerprint density at radius 1 is 1.62 bits per heavy atom. The summed E-state index contributed by atoms with van der Waals surface area (Å²) in [6, 6.07) is 0. The van der Waals surface area contributed by atoms with Crippen molar-refractivity contribution in [1.82, 2.24) is 25.5 Å². The highest BCUT2D eigenvalue weighted by atomic mass is 15.6. The summed E-state index contributed by atoms with van der Waals surface area (Å²) in [5.41, 5.74) is 0. The van der Waals surface area contributed by atoms with E-state index in [1.165, 1.54) is 6.42 Å². The molecule has 72 valence electrons. The van der Waals surface area contributed by atoms with Crippen LogP contribution in [-0.4, -0.2) is 33.3 Å². The zero-order chi connectivity index (χ0) is 9.10. The number of hydrogen-bond donors (Lipinski definition) is 1. The molecule has 0 spiro atoms. The molecule has 5 heteroatoms. The van der Waals surface area contributed by atoms with Gasteiger partial charge in [-0.3, -0.25) is 0 Å². The molecule has 1 atom stereocenters. The number of aromatic nitrogens is 4. The maximum Gasteiger partial charge on any atom is 0.175 e. The van der Waals surface area contributed by atoms with Gasteiger partial charge in [0.15, 0.2) is 5.82 Å². The Bertz CT molecular complexity index is 263. The van der Waals surface area contributed by atoms with Crippen molar-refractivity contribution in [2.45, 2.75) is 26.3 Å². The molecular formula is C8H15N5. The first-order valence-corrected chi connectivity index (χ1v) is 4.86. The van der Waals surface area contributed by atoms with Crippen LogP contribution in [0.1, 0.15) is 19.2 Å². The molecule has 1 aromatic rings. The lowest BCUT2D eigenvalue weighted by Gasteiger charge is -2.02. The molecule has 1 aliphatic rings. The van der Waals surface area contributed by atoms with Gasteiger partial charge in [-0.1, -0.05) is 0 Å². The molecule has 0 bridgehead atoms. The minimum Gasteiger partial charge on any atom is -0.316 e. The normalized spacial score (nSPS) is 22.4. The van der Waals surface area contributed by atoms with Crippen LogP contribution in [0.4, 0.5) is 0 Å². The summed E-state index contributed by atoms with van der Waals surface area (Å²) in [6.45, 7) is 5.05. The van der Waals surface area contributed by atoms with Crippen LogP contribution in [0.25, 0.3) is 0 Å². The van der Waals surface area contributed by atoms with Crippen molar-refractivity contribution in [2.24, 2.45) is 5.92 Å². The lowest BCUT2D eigenvalue weighted by Crippen LogP contribution is -2.11. The predicted octanol–water partition coefficient (Wildman–Crippen LogP) is -0.155. The van der Waals surface area contributed by atoms with Crippen LogP contribution in [0.3, 0.4) is 0 Å². The average molecular weight is 181 g/mol. The van der Waals surface area contributed by atoms with Gasteiger partial charge in [-0.25, -0.2) is 0 Å². The van der Waals surface area contributed by atoms with Crippen LogP contribution in [0, 0.1) is 5.92 Å². The van der Waals surface area contributed by atoms with Gasteiger partial charge < -0.3 is 5.32 Å². The zero-order valence-electron chi connectivity index (χ0n) is 7.90. The van der Waals surface area contributed by atoms with Crippen molar-refractivity contribution < 1.29 is 0 Å². The van der Waals surface area contributed by atoms with E-state index in [1.807, 2.05) is 6.92 Å². The summed E-state index contributed by atoms with van der Waals surface area (Å²) in [5, 5.41) is 15.5. The van der Waals surface area contributed by atoms with Crippen LogP contribution >= 0.6 is 0 Å². The third-order valence-corrected chi connectivity index (χ3v) is 2.41. The van der Waals surface area contributed by atoms with Gasteiger partial charge in [0, 0.05) is 6.42 Å². The van der Waals surface area contributed by atoms with E-state index in [4.69, 9.17) is 0 Å². The minimum atomic E-state index is 0.703. The fourth-order valence-electron chi connectivity index (χ4n) is 1.64. The Balaban J connectivity index is 1.92. The SMILES string of the molecule is CCn1nnc(CC2CCNC2)n1. The van der Waals surface area contributed by atoms with E-state index in [9.17, 15) is 0 Å². The van der Waals surface area contributed by atoms with Gasteiger partial charge in [0.1, 0.15) is 0 Å². The molecule has 1 fully saturated rings. The molecule has 1 aliphatic heterocycles. The molecule has 2 heterocycles. The van der Waals surface area contributed by atoms with E-state index in [0.717, 1.165) is 31.9 Å². The molecule has 1 aromatic heterocycles. The van der Waals surface area contributed by atoms with Crippen molar-refractivity contribution in [3.63, 3.8) is 0 Å². The van der Waals surface area contributed by atoms with Crippen molar-refractivity contribution >= 4 is 0 Å². The second kappa shape index (κ2) is 3.83. The van der Waals surface area contributed by atoms with Gasteiger partial charge in [0.05, 0.1) is 6.54 Å².